The third-order valence-corrected chi connectivity index (χ3v) is 11.7. The van der Waals surface area contributed by atoms with E-state index in [2.05, 4.69) is 54.5 Å². The smallest absolute Gasteiger partial charge is 0.397 e. The van der Waals surface area contributed by atoms with Crippen molar-refractivity contribution >= 4 is 16.4 Å². The second kappa shape index (κ2) is 40.8. The van der Waals surface area contributed by atoms with Crippen molar-refractivity contribution < 1.29 is 56.2 Å². The van der Waals surface area contributed by atoms with E-state index in [-0.39, 0.29) is 19.6 Å². The third-order valence-electron chi connectivity index (χ3n) is 11.2. The first-order valence-corrected chi connectivity index (χ1v) is 26.1. The van der Waals surface area contributed by atoms with Gasteiger partial charge >= 0.3 is 16.4 Å². The van der Waals surface area contributed by atoms with Gasteiger partial charge in [-0.3, -0.25) is 9.35 Å². The molecule has 1 rings (SSSR count). The second-order valence-electron chi connectivity index (χ2n) is 17.0. The lowest BCUT2D eigenvalue weighted by molar-refractivity contribution is -0.301. The Morgan fingerprint density at radius 3 is 1.60 bits per heavy atom. The van der Waals surface area contributed by atoms with Crippen LogP contribution in [-0.2, 0) is 38.3 Å². The Labute approximate surface area is 377 Å². The summed E-state index contributed by atoms with van der Waals surface area (Å²) in [6, 6.07) is 0. The molecule has 0 aromatic rings. The average Bonchev–Trinajstić information content (AvgIpc) is 3.24. The van der Waals surface area contributed by atoms with Crippen LogP contribution in [-0.4, -0.2) is 97.5 Å². The predicted octanol–water partition coefficient (Wildman–Crippen LogP) is 11.0. The summed E-state index contributed by atoms with van der Waals surface area (Å²) in [6.45, 7) is 3.93. The zero-order chi connectivity index (χ0) is 45.4. The number of hydrogen-bond donors (Lipinski definition) is 4. The Morgan fingerprint density at radius 1 is 0.613 bits per heavy atom. The summed E-state index contributed by atoms with van der Waals surface area (Å²) < 4.78 is 59.1. The van der Waals surface area contributed by atoms with Gasteiger partial charge in [0.1, 0.15) is 30.5 Å². The predicted molar refractivity (Wildman–Crippen MR) is 248 cm³/mol. The lowest BCUT2D eigenvalue weighted by Gasteiger charge is -2.41. The number of allylic oxidation sites excluding steroid dienone is 6. The van der Waals surface area contributed by atoms with Crippen LogP contribution in [0.5, 0.6) is 0 Å². The van der Waals surface area contributed by atoms with Crippen LogP contribution >= 0.6 is 0 Å². The standard InChI is InChI=1S/C49H90O12S/c1-3-5-7-9-11-13-15-16-17-18-19-20-21-22-23-24-25-26-27-29-31-33-35-37-39-57-41-43(59-45(51)38-36-34-32-30-28-14-12-10-8-6-4-2)42-58-49-47(53)48(61-62(54,55)56)46(52)44(40-50)60-49/h10,12,15-16,18-19,43-44,46-50,52-53H,3-9,11,13-14,17,20-42H2,1-2H3,(H,54,55,56)/b12-10-,16-15-,19-18-. The second-order valence-corrected chi connectivity index (χ2v) is 18.1. The molecule has 0 saturated carbocycles. The van der Waals surface area contributed by atoms with Gasteiger partial charge in [-0.05, 0) is 64.2 Å². The van der Waals surface area contributed by atoms with Crippen LogP contribution in [0.25, 0.3) is 0 Å². The lowest BCUT2D eigenvalue weighted by Crippen LogP contribution is -2.60. The minimum absolute atomic E-state index is 0.0327. The highest BCUT2D eigenvalue weighted by atomic mass is 32.3. The summed E-state index contributed by atoms with van der Waals surface area (Å²) in [5.74, 6) is -0.410. The molecule has 1 aliphatic rings. The van der Waals surface area contributed by atoms with E-state index in [9.17, 15) is 28.5 Å². The molecule has 12 nitrogen and oxygen atoms in total. The van der Waals surface area contributed by atoms with Crippen LogP contribution in [0.4, 0.5) is 0 Å². The first-order valence-electron chi connectivity index (χ1n) is 24.7. The maximum atomic E-state index is 12.8. The lowest BCUT2D eigenvalue weighted by atomic mass is 9.99. The van der Waals surface area contributed by atoms with E-state index in [1.807, 2.05) is 0 Å². The molecule has 0 spiro atoms. The Hall–Kier alpha value is -1.68. The number of aliphatic hydroxyl groups is 3. The van der Waals surface area contributed by atoms with Gasteiger partial charge < -0.3 is 34.3 Å². The van der Waals surface area contributed by atoms with Gasteiger partial charge in [-0.25, -0.2) is 4.18 Å². The van der Waals surface area contributed by atoms with Gasteiger partial charge in [-0.15, -0.1) is 0 Å². The number of hydrogen-bond acceptors (Lipinski definition) is 11. The third kappa shape index (κ3) is 33.8. The molecule has 1 fully saturated rings. The fourth-order valence-electron chi connectivity index (χ4n) is 7.45. The molecular weight excluding hydrogens is 813 g/mol. The zero-order valence-electron chi connectivity index (χ0n) is 38.9. The Bertz CT molecular complexity index is 1230. The molecule has 4 N–H and O–H groups in total. The van der Waals surface area contributed by atoms with E-state index in [0.29, 0.717) is 13.0 Å². The molecule has 0 aliphatic carbocycles. The summed E-state index contributed by atoms with van der Waals surface area (Å²) >= 11 is 0. The number of unbranched alkanes of at least 4 members (excludes halogenated alkanes) is 24. The topological polar surface area (TPSA) is 178 Å². The highest BCUT2D eigenvalue weighted by Gasteiger charge is 2.48. The largest absolute Gasteiger partial charge is 0.457 e. The van der Waals surface area contributed by atoms with Gasteiger partial charge in [0.2, 0.25) is 0 Å². The maximum Gasteiger partial charge on any atom is 0.397 e. The summed E-state index contributed by atoms with van der Waals surface area (Å²) in [6.07, 6.45) is 39.0. The number of aliphatic hydroxyl groups excluding tert-OH is 3. The van der Waals surface area contributed by atoms with Crippen LogP contribution in [0.3, 0.4) is 0 Å². The molecular formula is C49H90O12S. The SMILES string of the molecule is CCCC/C=C\CCCCCCCC(=O)OC(COCCCCCCCCCCCCCC/C=C\C/C=C\CCCCCCC)COC1OC(CO)C(O)C(OS(=O)(=O)O)C1O. The van der Waals surface area contributed by atoms with Gasteiger partial charge in [0, 0.05) is 13.0 Å². The fraction of sp³-hybridized carbons (Fsp3) is 0.857. The molecule has 13 heteroatoms. The van der Waals surface area contributed by atoms with Crippen molar-refractivity contribution in [2.45, 2.75) is 243 Å². The minimum atomic E-state index is -5.06. The molecule has 6 unspecified atom stereocenters. The molecule has 1 saturated heterocycles. The molecule has 364 valence electrons. The highest BCUT2D eigenvalue weighted by molar-refractivity contribution is 7.80. The monoisotopic (exact) mass is 903 g/mol. The van der Waals surface area contributed by atoms with Crippen LogP contribution in [0, 0.1) is 0 Å². The van der Waals surface area contributed by atoms with Gasteiger partial charge in [0.05, 0.1) is 19.8 Å². The van der Waals surface area contributed by atoms with E-state index in [1.54, 1.807) is 0 Å². The molecule has 1 heterocycles. The average molecular weight is 903 g/mol. The number of esters is 1. The molecule has 62 heavy (non-hydrogen) atoms. The maximum absolute atomic E-state index is 12.8. The first kappa shape index (κ1) is 58.3. The van der Waals surface area contributed by atoms with Crippen molar-refractivity contribution in [3.05, 3.63) is 36.5 Å². The van der Waals surface area contributed by atoms with Crippen LogP contribution in [0.2, 0.25) is 0 Å². The van der Waals surface area contributed by atoms with E-state index < -0.39 is 59.8 Å². The summed E-state index contributed by atoms with van der Waals surface area (Å²) in [4.78, 5) is 12.8. The number of rotatable bonds is 43. The molecule has 0 aromatic heterocycles. The fourth-order valence-corrected chi connectivity index (χ4v) is 7.96. The van der Waals surface area contributed by atoms with Crippen molar-refractivity contribution in [3.8, 4) is 0 Å². The van der Waals surface area contributed by atoms with E-state index in [4.69, 9.17) is 23.5 Å². The van der Waals surface area contributed by atoms with E-state index in [0.717, 1.165) is 64.2 Å². The van der Waals surface area contributed by atoms with Gasteiger partial charge in [-0.2, -0.15) is 8.42 Å². The normalized spacial score (nSPS) is 20.3. The molecule has 1 aliphatic heterocycles. The summed E-state index contributed by atoms with van der Waals surface area (Å²) in [5.41, 5.74) is 0. The Morgan fingerprint density at radius 2 is 1.08 bits per heavy atom. The van der Waals surface area contributed by atoms with Crippen LogP contribution in [0.1, 0.15) is 206 Å². The summed E-state index contributed by atoms with van der Waals surface area (Å²) in [5, 5.41) is 30.7. The Balaban J connectivity index is 2.31. The zero-order valence-corrected chi connectivity index (χ0v) is 39.7. The van der Waals surface area contributed by atoms with E-state index in [1.165, 1.54) is 116 Å². The molecule has 0 bridgehead atoms. The molecule has 0 aromatic carbocycles. The quantitative estimate of drug-likeness (QED) is 0.0197. The van der Waals surface area contributed by atoms with Crippen molar-refractivity contribution in [2.24, 2.45) is 0 Å². The van der Waals surface area contributed by atoms with Crippen molar-refractivity contribution in [3.63, 3.8) is 0 Å². The number of ether oxygens (including phenoxy) is 4. The van der Waals surface area contributed by atoms with E-state index >= 15 is 0 Å². The van der Waals surface area contributed by atoms with Crippen molar-refractivity contribution in [1.29, 1.82) is 0 Å². The number of carbonyl (C=O) groups excluding carboxylic acids is 1. The summed E-state index contributed by atoms with van der Waals surface area (Å²) in [7, 11) is -5.06. The number of carbonyl (C=O) groups is 1. The molecule has 0 amide bonds. The first-order chi connectivity index (χ1) is 30.1. The van der Waals surface area contributed by atoms with Crippen molar-refractivity contribution in [1.82, 2.24) is 0 Å². The van der Waals surface area contributed by atoms with Gasteiger partial charge in [0.15, 0.2) is 6.29 Å². The van der Waals surface area contributed by atoms with Crippen LogP contribution < -0.4 is 0 Å². The van der Waals surface area contributed by atoms with Gasteiger partial charge in [0.25, 0.3) is 0 Å². The molecule has 0 radical (unpaired) electrons. The Kier molecular flexibility index (Phi) is 38.4. The van der Waals surface area contributed by atoms with Crippen molar-refractivity contribution in [2.75, 3.05) is 26.4 Å². The highest BCUT2D eigenvalue weighted by Crippen LogP contribution is 2.26. The molecule has 6 atom stereocenters. The van der Waals surface area contributed by atoms with Crippen LogP contribution in [0.15, 0.2) is 36.5 Å². The minimum Gasteiger partial charge on any atom is -0.457 e. The van der Waals surface area contributed by atoms with Gasteiger partial charge in [-0.1, -0.05) is 172 Å².